The van der Waals surface area contributed by atoms with Gasteiger partial charge in [-0.2, -0.15) is 0 Å². The molecule has 1 aliphatic rings. The highest BCUT2D eigenvalue weighted by atomic mass is 79.9. The second-order valence-corrected chi connectivity index (χ2v) is 9.58. The molecule has 0 saturated carbocycles. The lowest BCUT2D eigenvalue weighted by Crippen LogP contribution is -2.20. The number of fused-ring (bicyclic) bond motifs is 1. The van der Waals surface area contributed by atoms with Crippen LogP contribution in [-0.2, 0) is 12.8 Å². The van der Waals surface area contributed by atoms with Crippen LogP contribution in [0.1, 0.15) is 11.1 Å². The summed E-state index contributed by atoms with van der Waals surface area (Å²) in [4.78, 5) is 0. The fourth-order valence-electron chi connectivity index (χ4n) is 3.84. The first-order chi connectivity index (χ1) is 14.9. The molecule has 0 atom stereocenters. The second-order valence-electron chi connectivity index (χ2n) is 7.36. The van der Waals surface area contributed by atoms with Gasteiger partial charge in [0, 0.05) is 0 Å². The van der Waals surface area contributed by atoms with Crippen molar-refractivity contribution in [3.63, 3.8) is 0 Å². The molecule has 1 heterocycles. The van der Waals surface area contributed by atoms with Crippen LogP contribution in [0.25, 0.3) is 0 Å². The molecule has 0 spiro atoms. The molecule has 0 bridgehead atoms. The van der Waals surface area contributed by atoms with Crippen LogP contribution in [0.4, 0.5) is 0 Å². The van der Waals surface area contributed by atoms with E-state index in [-0.39, 0.29) is 17.0 Å². The molecule has 0 amide bonds. The Morgan fingerprint density at radius 3 is 1.81 bits per heavy atom. The Morgan fingerprint density at radius 1 is 0.548 bits per heavy atom. The molecular weight excluding hydrogens is 467 g/mol. The molecule has 0 saturated heterocycles. The van der Waals surface area contributed by atoms with E-state index in [9.17, 15) is 0 Å². The number of rotatable bonds is 6. The minimum Gasteiger partial charge on any atom is -0.454 e. The van der Waals surface area contributed by atoms with Crippen molar-refractivity contribution in [1.82, 2.24) is 0 Å². The first-order valence-corrected chi connectivity index (χ1v) is 11.6. The van der Waals surface area contributed by atoms with Crippen molar-refractivity contribution in [1.29, 1.82) is 0 Å². The van der Waals surface area contributed by atoms with Gasteiger partial charge in [0.05, 0.1) is 0 Å². The molecule has 2 nitrogen and oxygen atoms in total. The van der Waals surface area contributed by atoms with Crippen molar-refractivity contribution >= 4 is 40.8 Å². The predicted molar refractivity (Wildman–Crippen MR) is 135 cm³/mol. The molecule has 4 aromatic carbocycles. The largest absolute Gasteiger partial charge is 0.454 e. The minimum atomic E-state index is -0.568. The number of ether oxygens (including phenoxy) is 2. The van der Waals surface area contributed by atoms with Gasteiger partial charge < -0.3 is 9.47 Å². The van der Waals surface area contributed by atoms with Crippen LogP contribution in [-0.4, -0.2) is 6.79 Å². The van der Waals surface area contributed by atoms with E-state index in [1.165, 1.54) is 27.0 Å². The minimum absolute atomic E-state index is 0. The maximum absolute atomic E-state index is 5.52. The lowest BCUT2D eigenvalue weighted by molar-refractivity contribution is 0.174. The van der Waals surface area contributed by atoms with E-state index in [1.807, 2.05) is 6.07 Å². The lowest BCUT2D eigenvalue weighted by Gasteiger charge is -2.20. The Balaban J connectivity index is 0.00000231. The standard InChI is InChI=1S/C27H23O2P.BrH/c1-3-9-23(10-4-1)30(24-11-5-2-6-12-24)25-13-7-8-21(18-25)14-15-22-16-17-26-27(19-22)29-20-28-26;/h1-13,16-19H,14-15,20H2;1H. The topological polar surface area (TPSA) is 18.5 Å². The third kappa shape index (κ3) is 5.01. The molecule has 1 aliphatic heterocycles. The van der Waals surface area contributed by atoms with Crippen LogP contribution in [0.15, 0.2) is 103 Å². The van der Waals surface area contributed by atoms with Crippen LogP contribution < -0.4 is 25.4 Å². The first-order valence-electron chi connectivity index (χ1n) is 10.2. The average molecular weight is 491 g/mol. The molecule has 0 radical (unpaired) electrons. The van der Waals surface area contributed by atoms with E-state index in [0.29, 0.717) is 6.79 Å². The zero-order chi connectivity index (χ0) is 20.2. The highest BCUT2D eigenvalue weighted by Gasteiger charge is 2.17. The summed E-state index contributed by atoms with van der Waals surface area (Å²) >= 11 is 0. The average Bonchev–Trinajstić information content (AvgIpc) is 3.28. The van der Waals surface area contributed by atoms with Crippen molar-refractivity contribution < 1.29 is 9.47 Å². The Labute approximate surface area is 195 Å². The number of halogens is 1. The highest BCUT2D eigenvalue weighted by molar-refractivity contribution is 8.93. The van der Waals surface area contributed by atoms with Crippen LogP contribution in [0, 0.1) is 0 Å². The Bertz CT molecular complexity index is 1090. The van der Waals surface area contributed by atoms with Crippen molar-refractivity contribution in [2.75, 3.05) is 6.79 Å². The van der Waals surface area contributed by atoms with Crippen LogP contribution in [0.5, 0.6) is 11.5 Å². The summed E-state index contributed by atoms with van der Waals surface area (Å²) in [5.74, 6) is 1.70. The zero-order valence-corrected chi connectivity index (χ0v) is 19.7. The third-order valence-corrected chi connectivity index (χ3v) is 7.76. The van der Waals surface area contributed by atoms with Crippen molar-refractivity contribution in [2.45, 2.75) is 12.8 Å². The molecule has 4 heteroatoms. The normalized spacial score (nSPS) is 11.9. The van der Waals surface area contributed by atoms with Gasteiger partial charge in [-0.25, -0.2) is 0 Å². The van der Waals surface area contributed by atoms with Crippen LogP contribution in [0.2, 0.25) is 0 Å². The summed E-state index contributed by atoms with van der Waals surface area (Å²) in [6.07, 6.45) is 1.98. The number of hydrogen-bond acceptors (Lipinski definition) is 2. The summed E-state index contributed by atoms with van der Waals surface area (Å²) in [6.45, 7) is 0.323. The van der Waals surface area contributed by atoms with Crippen LogP contribution in [0.3, 0.4) is 0 Å². The smallest absolute Gasteiger partial charge is 0.231 e. The summed E-state index contributed by atoms with van der Waals surface area (Å²) in [5.41, 5.74) is 2.64. The number of benzene rings is 4. The van der Waals surface area contributed by atoms with E-state index in [1.54, 1.807) is 0 Å². The highest BCUT2D eigenvalue weighted by Crippen LogP contribution is 2.34. The van der Waals surface area contributed by atoms with E-state index >= 15 is 0 Å². The van der Waals surface area contributed by atoms with Gasteiger partial charge in [-0.05, 0) is 59.9 Å². The Hall–Kier alpha value is -2.61. The van der Waals surface area contributed by atoms with Crippen molar-refractivity contribution in [2.24, 2.45) is 0 Å². The maximum Gasteiger partial charge on any atom is 0.231 e. The van der Waals surface area contributed by atoms with Gasteiger partial charge >= 0.3 is 0 Å². The van der Waals surface area contributed by atoms with Gasteiger partial charge in [0.15, 0.2) is 11.5 Å². The van der Waals surface area contributed by atoms with E-state index < -0.39 is 7.92 Å². The summed E-state index contributed by atoms with van der Waals surface area (Å²) in [5, 5.41) is 4.16. The summed E-state index contributed by atoms with van der Waals surface area (Å²) in [6, 6.07) is 37.1. The van der Waals surface area contributed by atoms with E-state index in [0.717, 1.165) is 24.3 Å². The van der Waals surface area contributed by atoms with E-state index in [4.69, 9.17) is 9.47 Å². The summed E-state index contributed by atoms with van der Waals surface area (Å²) < 4.78 is 10.9. The molecule has 5 rings (SSSR count). The summed E-state index contributed by atoms with van der Waals surface area (Å²) in [7, 11) is -0.568. The molecule has 31 heavy (non-hydrogen) atoms. The molecular formula is C27H24BrO2P. The van der Waals surface area contributed by atoms with Gasteiger partial charge in [-0.3, -0.25) is 0 Å². The molecule has 0 aliphatic carbocycles. The fourth-order valence-corrected chi connectivity index (χ4v) is 6.20. The molecule has 156 valence electrons. The third-order valence-electron chi connectivity index (χ3n) is 5.34. The predicted octanol–water partition coefficient (Wildman–Crippen LogP) is 5.54. The molecule has 0 aromatic heterocycles. The van der Waals surface area contributed by atoms with Gasteiger partial charge in [0.1, 0.15) is 0 Å². The van der Waals surface area contributed by atoms with Gasteiger partial charge in [-0.15, -0.1) is 17.0 Å². The number of aryl methyl sites for hydroxylation is 2. The molecule has 0 N–H and O–H groups in total. The molecule has 4 aromatic rings. The monoisotopic (exact) mass is 490 g/mol. The Morgan fingerprint density at radius 2 is 1.13 bits per heavy atom. The SMILES string of the molecule is Br.c1ccc(P(c2ccccc2)c2cccc(CCc3ccc4c(c3)OCO4)c2)cc1. The second kappa shape index (κ2) is 10.1. The van der Waals surface area contributed by atoms with Crippen molar-refractivity contribution in [3.05, 3.63) is 114 Å². The number of hydrogen-bond donors (Lipinski definition) is 0. The van der Waals surface area contributed by atoms with E-state index in [2.05, 4.69) is 97.1 Å². The van der Waals surface area contributed by atoms with Gasteiger partial charge in [0.2, 0.25) is 6.79 Å². The molecule has 0 unspecified atom stereocenters. The fraction of sp³-hybridized carbons (Fsp3) is 0.111. The first kappa shape index (κ1) is 21.6. The van der Waals surface area contributed by atoms with Gasteiger partial charge in [0.25, 0.3) is 0 Å². The lowest BCUT2D eigenvalue weighted by atomic mass is 10.0. The zero-order valence-electron chi connectivity index (χ0n) is 17.1. The maximum atomic E-state index is 5.52. The molecule has 0 fully saturated rings. The quantitative estimate of drug-likeness (QED) is 0.330. The van der Waals surface area contributed by atoms with Crippen molar-refractivity contribution in [3.8, 4) is 11.5 Å². The van der Waals surface area contributed by atoms with Crippen LogP contribution >= 0.6 is 24.9 Å². The van der Waals surface area contributed by atoms with Gasteiger partial charge in [-0.1, -0.05) is 91.0 Å². The Kier molecular flexibility index (Phi) is 7.06.